The standard InChI is InChI=1S/C19H18F4N2O/c20-11-13-5-7-15(8-6-13)17-16-4-2-1-3-14(16)9-10-25(17)18(26)24-12-19(21,22)23/h1-8,17H,9-12H2,(H,24,26)/t17-/m1/s1. The molecule has 2 aromatic rings. The average Bonchev–Trinajstić information content (AvgIpc) is 2.64. The number of urea groups is 1. The Morgan fingerprint density at radius 3 is 2.46 bits per heavy atom. The van der Waals surface area contributed by atoms with Gasteiger partial charge in [0.2, 0.25) is 0 Å². The number of fused-ring (bicyclic) bond motifs is 1. The molecule has 1 aliphatic rings. The number of rotatable bonds is 3. The topological polar surface area (TPSA) is 32.3 Å². The third kappa shape index (κ3) is 3.98. The van der Waals surface area contributed by atoms with Crippen LogP contribution < -0.4 is 5.32 Å². The van der Waals surface area contributed by atoms with Crippen LogP contribution in [-0.4, -0.2) is 30.2 Å². The van der Waals surface area contributed by atoms with Crippen LogP contribution in [0.25, 0.3) is 0 Å². The molecule has 0 unspecified atom stereocenters. The van der Waals surface area contributed by atoms with E-state index >= 15 is 0 Å². The molecule has 0 saturated carbocycles. The Balaban J connectivity index is 1.93. The Kier molecular flexibility index (Phi) is 5.15. The molecule has 26 heavy (non-hydrogen) atoms. The van der Waals surface area contributed by atoms with Gasteiger partial charge in [0.15, 0.2) is 0 Å². The molecule has 0 aromatic heterocycles. The second-order valence-corrected chi connectivity index (χ2v) is 6.19. The molecular weight excluding hydrogens is 348 g/mol. The Morgan fingerprint density at radius 2 is 1.81 bits per heavy atom. The summed E-state index contributed by atoms with van der Waals surface area (Å²) in [5.74, 6) is 0. The Morgan fingerprint density at radius 1 is 1.12 bits per heavy atom. The van der Waals surface area contributed by atoms with Crippen LogP contribution in [0.2, 0.25) is 0 Å². The third-order valence-electron chi connectivity index (χ3n) is 4.43. The summed E-state index contributed by atoms with van der Waals surface area (Å²) in [5.41, 5.74) is 3.16. The molecule has 2 amide bonds. The van der Waals surface area contributed by atoms with Crippen molar-refractivity contribution in [2.45, 2.75) is 25.3 Å². The molecule has 0 spiro atoms. The maximum Gasteiger partial charge on any atom is 0.405 e. The van der Waals surface area contributed by atoms with E-state index in [4.69, 9.17) is 0 Å². The van der Waals surface area contributed by atoms with Gasteiger partial charge in [0.25, 0.3) is 0 Å². The van der Waals surface area contributed by atoms with Crippen LogP contribution in [0.15, 0.2) is 48.5 Å². The van der Waals surface area contributed by atoms with E-state index in [9.17, 15) is 22.4 Å². The van der Waals surface area contributed by atoms with Gasteiger partial charge in [-0.25, -0.2) is 9.18 Å². The molecule has 1 heterocycles. The van der Waals surface area contributed by atoms with Crippen molar-refractivity contribution < 1.29 is 22.4 Å². The van der Waals surface area contributed by atoms with Crippen molar-refractivity contribution in [3.05, 3.63) is 70.8 Å². The van der Waals surface area contributed by atoms with Crippen LogP contribution in [0.5, 0.6) is 0 Å². The van der Waals surface area contributed by atoms with E-state index in [1.807, 2.05) is 29.6 Å². The first kappa shape index (κ1) is 18.2. The number of nitrogens with one attached hydrogen (secondary N) is 1. The molecule has 1 aliphatic heterocycles. The van der Waals surface area contributed by atoms with Crippen molar-refractivity contribution in [2.24, 2.45) is 0 Å². The number of nitrogens with zero attached hydrogens (tertiary/aromatic N) is 1. The number of alkyl halides is 4. The summed E-state index contributed by atoms with van der Waals surface area (Å²) in [5, 5.41) is 1.95. The number of benzene rings is 2. The second-order valence-electron chi connectivity index (χ2n) is 6.19. The first-order valence-corrected chi connectivity index (χ1v) is 8.23. The number of amides is 2. The Bertz CT molecular complexity index is 774. The van der Waals surface area contributed by atoms with Gasteiger partial charge in [0.1, 0.15) is 13.2 Å². The molecular formula is C19H18F4N2O. The van der Waals surface area contributed by atoms with Crippen LogP contribution in [0.3, 0.4) is 0 Å². The van der Waals surface area contributed by atoms with Gasteiger partial charge in [-0.3, -0.25) is 0 Å². The predicted molar refractivity (Wildman–Crippen MR) is 89.4 cm³/mol. The fourth-order valence-corrected chi connectivity index (χ4v) is 3.21. The summed E-state index contributed by atoms with van der Waals surface area (Å²) in [6.45, 7) is -1.68. The van der Waals surface area contributed by atoms with E-state index in [0.717, 1.165) is 16.7 Å². The molecule has 138 valence electrons. The van der Waals surface area contributed by atoms with Crippen LogP contribution >= 0.6 is 0 Å². The lowest BCUT2D eigenvalue weighted by Crippen LogP contribution is -2.48. The molecule has 1 atom stereocenters. The number of hydrogen-bond donors (Lipinski definition) is 1. The zero-order chi connectivity index (χ0) is 18.7. The van der Waals surface area contributed by atoms with Gasteiger partial charge < -0.3 is 10.2 Å². The number of carbonyl (C=O) groups excluding carboxylic acids is 1. The van der Waals surface area contributed by atoms with Crippen LogP contribution in [-0.2, 0) is 13.1 Å². The normalized spacial score (nSPS) is 16.9. The molecule has 0 saturated heterocycles. The smallest absolute Gasteiger partial charge is 0.329 e. The largest absolute Gasteiger partial charge is 0.405 e. The second kappa shape index (κ2) is 7.35. The van der Waals surface area contributed by atoms with Crippen molar-refractivity contribution in [1.82, 2.24) is 10.2 Å². The zero-order valence-electron chi connectivity index (χ0n) is 13.9. The lowest BCUT2D eigenvalue weighted by atomic mass is 9.88. The highest BCUT2D eigenvalue weighted by molar-refractivity contribution is 5.76. The molecule has 7 heteroatoms. The number of hydrogen-bond acceptors (Lipinski definition) is 1. The lowest BCUT2D eigenvalue weighted by Gasteiger charge is -2.37. The van der Waals surface area contributed by atoms with Gasteiger partial charge in [-0.2, -0.15) is 13.2 Å². The van der Waals surface area contributed by atoms with E-state index < -0.39 is 31.5 Å². The van der Waals surface area contributed by atoms with Crippen LogP contribution in [0.1, 0.15) is 28.3 Å². The van der Waals surface area contributed by atoms with E-state index in [1.54, 1.807) is 24.3 Å². The highest BCUT2D eigenvalue weighted by atomic mass is 19.4. The van der Waals surface area contributed by atoms with Crippen molar-refractivity contribution in [3.63, 3.8) is 0 Å². The van der Waals surface area contributed by atoms with E-state index in [0.29, 0.717) is 18.5 Å². The summed E-state index contributed by atoms with van der Waals surface area (Å²) >= 11 is 0. The molecule has 2 aromatic carbocycles. The third-order valence-corrected chi connectivity index (χ3v) is 4.43. The van der Waals surface area contributed by atoms with E-state index in [-0.39, 0.29) is 0 Å². The van der Waals surface area contributed by atoms with Gasteiger partial charge in [-0.05, 0) is 28.7 Å². The fraction of sp³-hybridized carbons (Fsp3) is 0.316. The summed E-state index contributed by atoms with van der Waals surface area (Å²) in [6.07, 6.45) is -3.91. The van der Waals surface area contributed by atoms with Gasteiger partial charge in [-0.1, -0.05) is 48.5 Å². The molecule has 0 radical (unpaired) electrons. The molecule has 0 aliphatic carbocycles. The molecule has 0 bridgehead atoms. The summed E-state index contributed by atoms with van der Waals surface area (Å²) in [4.78, 5) is 13.8. The number of carbonyl (C=O) groups is 1. The summed E-state index contributed by atoms with van der Waals surface area (Å²) < 4.78 is 50.1. The molecule has 3 nitrogen and oxygen atoms in total. The maximum absolute atomic E-state index is 12.8. The van der Waals surface area contributed by atoms with Crippen molar-refractivity contribution >= 4 is 6.03 Å². The Labute approximate surface area is 148 Å². The van der Waals surface area contributed by atoms with E-state index in [1.165, 1.54) is 4.90 Å². The highest BCUT2D eigenvalue weighted by Crippen LogP contribution is 2.35. The first-order valence-electron chi connectivity index (χ1n) is 8.23. The van der Waals surface area contributed by atoms with Gasteiger partial charge in [0.05, 0.1) is 6.04 Å². The minimum atomic E-state index is -4.47. The summed E-state index contributed by atoms with van der Waals surface area (Å²) in [7, 11) is 0. The quantitative estimate of drug-likeness (QED) is 0.804. The zero-order valence-corrected chi connectivity index (χ0v) is 13.9. The van der Waals surface area contributed by atoms with Crippen molar-refractivity contribution in [2.75, 3.05) is 13.1 Å². The van der Waals surface area contributed by atoms with Crippen LogP contribution in [0, 0.1) is 0 Å². The fourth-order valence-electron chi connectivity index (χ4n) is 3.21. The molecule has 3 rings (SSSR count). The van der Waals surface area contributed by atoms with Gasteiger partial charge >= 0.3 is 12.2 Å². The average molecular weight is 366 g/mol. The summed E-state index contributed by atoms with van der Waals surface area (Å²) in [6, 6.07) is 12.9. The van der Waals surface area contributed by atoms with Gasteiger partial charge in [0, 0.05) is 6.54 Å². The van der Waals surface area contributed by atoms with Crippen molar-refractivity contribution in [3.8, 4) is 0 Å². The van der Waals surface area contributed by atoms with Crippen molar-refractivity contribution in [1.29, 1.82) is 0 Å². The minimum absolute atomic E-state index is 0.302. The molecule has 1 N–H and O–H groups in total. The first-order chi connectivity index (χ1) is 12.4. The lowest BCUT2D eigenvalue weighted by molar-refractivity contribution is -0.123. The Hall–Kier alpha value is -2.57. The highest BCUT2D eigenvalue weighted by Gasteiger charge is 2.34. The monoisotopic (exact) mass is 366 g/mol. The molecule has 0 fully saturated rings. The van der Waals surface area contributed by atoms with Gasteiger partial charge in [-0.15, -0.1) is 0 Å². The predicted octanol–water partition coefficient (Wildman–Crippen LogP) is 4.38. The van der Waals surface area contributed by atoms with Crippen LogP contribution in [0.4, 0.5) is 22.4 Å². The SMILES string of the molecule is O=C(NCC(F)(F)F)N1CCc2ccccc2[C@H]1c1ccc(CF)cc1. The number of halogens is 4. The minimum Gasteiger partial charge on any atom is -0.329 e. The maximum atomic E-state index is 12.8. The van der Waals surface area contributed by atoms with E-state index in [2.05, 4.69) is 0 Å².